The van der Waals surface area contributed by atoms with Crippen molar-refractivity contribution in [3.8, 4) is 10.5 Å². The van der Waals surface area contributed by atoms with Gasteiger partial charge in [0.1, 0.15) is 0 Å². The van der Waals surface area contributed by atoms with Crippen LogP contribution in [-0.2, 0) is 0 Å². The van der Waals surface area contributed by atoms with E-state index in [4.69, 9.17) is 0 Å². The Bertz CT molecular complexity index is 134. The Hall–Kier alpha value is -0.260. The van der Waals surface area contributed by atoms with Gasteiger partial charge in [0.25, 0.3) is 0 Å². The second-order valence-corrected chi connectivity index (χ2v) is 3.06. The van der Waals surface area contributed by atoms with Crippen LogP contribution in [0.4, 0.5) is 0 Å². The van der Waals surface area contributed by atoms with Gasteiger partial charge in [0.15, 0.2) is 0 Å². The molecular formula is C8H10S2. The van der Waals surface area contributed by atoms with Gasteiger partial charge >= 0.3 is 0 Å². The molecule has 0 radical (unpaired) electrons. The summed E-state index contributed by atoms with van der Waals surface area (Å²) in [6.45, 7) is 7.17. The van der Waals surface area contributed by atoms with Gasteiger partial charge < -0.3 is 0 Å². The molecule has 0 heterocycles. The third-order valence-electron chi connectivity index (χ3n) is 0.588. The molecule has 0 fully saturated rings. The van der Waals surface area contributed by atoms with E-state index in [1.807, 2.05) is 12.2 Å². The lowest BCUT2D eigenvalue weighted by atomic mass is 10.8. The van der Waals surface area contributed by atoms with Crippen LogP contribution in [0.15, 0.2) is 25.3 Å². The molecule has 2 heteroatoms. The van der Waals surface area contributed by atoms with Crippen LogP contribution in [-0.4, -0.2) is 11.5 Å². The molecular weight excluding hydrogens is 160 g/mol. The van der Waals surface area contributed by atoms with Crippen LogP contribution in [0.5, 0.6) is 0 Å². The zero-order valence-corrected chi connectivity index (χ0v) is 7.43. The Kier molecular flexibility index (Phi) is 8.51. The molecule has 0 bridgehead atoms. The fraction of sp³-hybridized carbons (Fsp3) is 0.250. The highest BCUT2D eigenvalue weighted by molar-refractivity contribution is 8.07. The molecule has 0 unspecified atom stereocenters. The van der Waals surface area contributed by atoms with Crippen LogP contribution >= 0.6 is 23.5 Å². The maximum Gasteiger partial charge on any atom is 0.0235 e. The van der Waals surface area contributed by atoms with Crippen molar-refractivity contribution in [3.63, 3.8) is 0 Å². The summed E-state index contributed by atoms with van der Waals surface area (Å²) in [4.78, 5) is 0. The molecule has 0 saturated heterocycles. The topological polar surface area (TPSA) is 0 Å². The number of rotatable bonds is 4. The normalized spacial score (nSPS) is 7.60. The second kappa shape index (κ2) is 8.74. The van der Waals surface area contributed by atoms with E-state index < -0.39 is 0 Å². The molecule has 0 aromatic heterocycles. The minimum Gasteiger partial charge on any atom is -0.102 e. The molecule has 0 amide bonds. The molecule has 0 rings (SSSR count). The molecule has 0 atom stereocenters. The number of thioether (sulfide) groups is 2. The van der Waals surface area contributed by atoms with Crippen molar-refractivity contribution in [3.05, 3.63) is 25.3 Å². The molecule has 54 valence electrons. The Morgan fingerprint density at radius 2 is 1.40 bits per heavy atom. The van der Waals surface area contributed by atoms with Gasteiger partial charge in [-0.05, 0) is 10.5 Å². The van der Waals surface area contributed by atoms with Gasteiger partial charge in [-0.15, -0.1) is 13.2 Å². The average molecular weight is 170 g/mol. The van der Waals surface area contributed by atoms with Crippen LogP contribution in [0.1, 0.15) is 0 Å². The predicted octanol–water partition coefficient (Wildman–Crippen LogP) is 2.74. The Morgan fingerprint density at radius 1 is 1.00 bits per heavy atom. The Balaban J connectivity index is 3.13. The van der Waals surface area contributed by atoms with E-state index in [-0.39, 0.29) is 0 Å². The molecule has 0 spiro atoms. The van der Waals surface area contributed by atoms with Gasteiger partial charge in [-0.2, -0.15) is 0 Å². The molecule has 0 aliphatic rings. The molecule has 0 nitrogen and oxygen atoms in total. The number of hydrogen-bond acceptors (Lipinski definition) is 2. The van der Waals surface area contributed by atoms with Crippen molar-refractivity contribution in [2.45, 2.75) is 0 Å². The van der Waals surface area contributed by atoms with Crippen molar-refractivity contribution in [2.24, 2.45) is 0 Å². The fourth-order valence-corrected chi connectivity index (χ4v) is 1.13. The van der Waals surface area contributed by atoms with Crippen LogP contribution in [0, 0.1) is 10.5 Å². The van der Waals surface area contributed by atoms with E-state index in [2.05, 4.69) is 23.7 Å². The molecule has 0 saturated carbocycles. The van der Waals surface area contributed by atoms with Crippen LogP contribution < -0.4 is 0 Å². The van der Waals surface area contributed by atoms with Crippen LogP contribution in [0.25, 0.3) is 0 Å². The van der Waals surface area contributed by atoms with Gasteiger partial charge in [-0.25, -0.2) is 0 Å². The first kappa shape index (κ1) is 9.74. The van der Waals surface area contributed by atoms with E-state index in [1.165, 1.54) is 0 Å². The van der Waals surface area contributed by atoms with Gasteiger partial charge in [0.2, 0.25) is 0 Å². The zero-order chi connectivity index (χ0) is 7.66. The van der Waals surface area contributed by atoms with Gasteiger partial charge in [-0.1, -0.05) is 35.7 Å². The third-order valence-corrected chi connectivity index (χ3v) is 2.02. The molecule has 10 heavy (non-hydrogen) atoms. The molecule has 0 aromatic rings. The fourth-order valence-electron chi connectivity index (χ4n) is 0.260. The molecule has 0 aliphatic carbocycles. The lowest BCUT2D eigenvalue weighted by Gasteiger charge is -1.80. The molecule has 0 N–H and O–H groups in total. The summed E-state index contributed by atoms with van der Waals surface area (Å²) < 4.78 is 0. The van der Waals surface area contributed by atoms with Crippen molar-refractivity contribution < 1.29 is 0 Å². The Morgan fingerprint density at radius 3 is 1.70 bits per heavy atom. The standard InChI is InChI=1S/C8H10S2/c1-3-5-9-7-8-10-6-4-2/h3-4H,1-2,5-6H2. The quantitative estimate of drug-likeness (QED) is 0.361. The highest BCUT2D eigenvalue weighted by Crippen LogP contribution is 2.00. The largest absolute Gasteiger partial charge is 0.102 e. The summed E-state index contributed by atoms with van der Waals surface area (Å²) in [5.41, 5.74) is 0. The van der Waals surface area contributed by atoms with E-state index in [9.17, 15) is 0 Å². The maximum absolute atomic E-state index is 3.58. The summed E-state index contributed by atoms with van der Waals surface area (Å²) >= 11 is 3.14. The van der Waals surface area contributed by atoms with E-state index >= 15 is 0 Å². The minimum absolute atomic E-state index is 0.904. The SMILES string of the molecule is C=CCSC#CSCC=C. The van der Waals surface area contributed by atoms with E-state index in [0.29, 0.717) is 0 Å². The second-order valence-electron chi connectivity index (χ2n) is 1.40. The summed E-state index contributed by atoms with van der Waals surface area (Å²) in [5.74, 6) is 1.81. The molecule has 0 aliphatic heterocycles. The van der Waals surface area contributed by atoms with Gasteiger partial charge in [-0.3, -0.25) is 0 Å². The van der Waals surface area contributed by atoms with Crippen molar-refractivity contribution in [1.29, 1.82) is 0 Å². The van der Waals surface area contributed by atoms with Crippen molar-refractivity contribution >= 4 is 23.5 Å². The van der Waals surface area contributed by atoms with E-state index in [0.717, 1.165) is 11.5 Å². The maximum atomic E-state index is 3.58. The molecule has 0 aromatic carbocycles. The number of hydrogen-bond donors (Lipinski definition) is 0. The predicted molar refractivity (Wildman–Crippen MR) is 53.1 cm³/mol. The van der Waals surface area contributed by atoms with Gasteiger partial charge in [0, 0.05) is 11.5 Å². The minimum atomic E-state index is 0.904. The third kappa shape index (κ3) is 7.74. The monoisotopic (exact) mass is 170 g/mol. The first-order chi connectivity index (χ1) is 4.91. The lowest BCUT2D eigenvalue weighted by molar-refractivity contribution is 1.83. The summed E-state index contributed by atoms with van der Waals surface area (Å²) in [6, 6.07) is 0. The summed E-state index contributed by atoms with van der Waals surface area (Å²) in [6.07, 6.45) is 3.69. The zero-order valence-electron chi connectivity index (χ0n) is 5.80. The Labute approximate surface area is 71.2 Å². The van der Waals surface area contributed by atoms with Crippen molar-refractivity contribution in [1.82, 2.24) is 0 Å². The highest BCUT2D eigenvalue weighted by atomic mass is 32.2. The first-order valence-corrected chi connectivity index (χ1v) is 4.84. The smallest absolute Gasteiger partial charge is 0.0235 e. The lowest BCUT2D eigenvalue weighted by Crippen LogP contribution is -1.63. The van der Waals surface area contributed by atoms with Crippen LogP contribution in [0.2, 0.25) is 0 Å². The van der Waals surface area contributed by atoms with Gasteiger partial charge in [0.05, 0.1) is 0 Å². The van der Waals surface area contributed by atoms with Crippen LogP contribution in [0.3, 0.4) is 0 Å². The highest BCUT2D eigenvalue weighted by Gasteiger charge is 1.74. The average Bonchev–Trinajstić information content (AvgIpc) is 1.97. The first-order valence-electron chi connectivity index (χ1n) is 2.87. The van der Waals surface area contributed by atoms with E-state index in [1.54, 1.807) is 23.5 Å². The summed E-state index contributed by atoms with van der Waals surface area (Å²) in [7, 11) is 0. The summed E-state index contributed by atoms with van der Waals surface area (Å²) in [5, 5.41) is 5.86. The van der Waals surface area contributed by atoms with Crippen molar-refractivity contribution in [2.75, 3.05) is 11.5 Å².